The summed E-state index contributed by atoms with van der Waals surface area (Å²) in [6.45, 7) is 57.3. The van der Waals surface area contributed by atoms with Gasteiger partial charge in [0.1, 0.15) is 11.8 Å². The summed E-state index contributed by atoms with van der Waals surface area (Å²) in [5, 5.41) is 27.4. The van der Waals surface area contributed by atoms with E-state index in [0.29, 0.717) is 50.9 Å². The Morgan fingerprint density at radius 3 is 0.764 bits per heavy atom. The fourth-order valence-electron chi connectivity index (χ4n) is 19.1. The summed E-state index contributed by atoms with van der Waals surface area (Å²) < 4.78 is 0. The minimum atomic E-state index is -0.931. The molecule has 0 saturated heterocycles. The van der Waals surface area contributed by atoms with Crippen LogP contribution in [0.4, 0.5) is 17.1 Å². The fourth-order valence-corrected chi connectivity index (χ4v) is 19.2. The van der Waals surface area contributed by atoms with E-state index in [1.807, 2.05) is 198 Å². The van der Waals surface area contributed by atoms with Crippen LogP contribution in [0.25, 0.3) is 21.9 Å². The van der Waals surface area contributed by atoms with Crippen molar-refractivity contribution < 1.29 is 43.2 Å². The molecule has 0 unspecified atom stereocenters. The number of nitrogens with zero attached hydrogens (tertiary/aromatic N) is 6. The average Bonchev–Trinajstić information content (AvgIpc) is 0.700. The lowest BCUT2D eigenvalue weighted by atomic mass is 9.69. The molecule has 738 valence electrons. The van der Waals surface area contributed by atoms with Gasteiger partial charge in [-0.2, -0.15) is 30.7 Å². The zero-order chi connectivity index (χ0) is 105. The minimum absolute atomic E-state index is 0.0985. The second kappa shape index (κ2) is 42.1. The van der Waals surface area contributed by atoms with E-state index in [-0.39, 0.29) is 95.4 Å². The highest BCUT2D eigenvalue weighted by Crippen LogP contribution is 2.50. The number of ketones is 9. The third-order valence-corrected chi connectivity index (χ3v) is 27.2. The zero-order valence-corrected chi connectivity index (χ0v) is 89.6. The Balaban J connectivity index is 0.000000165. The first-order valence-corrected chi connectivity index (χ1v) is 50.1. The lowest BCUT2D eigenvalue weighted by Crippen LogP contribution is -2.32. The molecule has 16 rings (SSSR count). The molecular formula is C128H135ClN6O9. The second-order valence-electron chi connectivity index (χ2n) is 46.4. The van der Waals surface area contributed by atoms with E-state index in [4.69, 9.17) is 11.6 Å². The third-order valence-electron chi connectivity index (χ3n) is 27.0. The molecule has 0 aromatic heterocycles. The summed E-state index contributed by atoms with van der Waals surface area (Å²) in [4.78, 5) is 121. The maximum absolute atomic E-state index is 13.9. The molecule has 0 amide bonds. The van der Waals surface area contributed by atoms with Crippen molar-refractivity contribution in [2.45, 2.75) is 225 Å². The minimum Gasteiger partial charge on any atom is -0.293 e. The number of benzene rings is 9. The summed E-state index contributed by atoms with van der Waals surface area (Å²) in [7, 11) is 0. The van der Waals surface area contributed by atoms with Gasteiger partial charge in [-0.25, -0.2) is 0 Å². The van der Waals surface area contributed by atoms with Gasteiger partial charge in [-0.3, -0.25) is 43.2 Å². The van der Waals surface area contributed by atoms with E-state index in [9.17, 15) is 43.2 Å². The van der Waals surface area contributed by atoms with Gasteiger partial charge < -0.3 is 0 Å². The largest absolute Gasteiger partial charge is 0.293 e. The number of carbonyl (C=O) groups excluding carboxylic acids is 9. The van der Waals surface area contributed by atoms with Crippen LogP contribution in [0.3, 0.4) is 0 Å². The van der Waals surface area contributed by atoms with Gasteiger partial charge in [0.05, 0.1) is 35.7 Å². The van der Waals surface area contributed by atoms with Crippen LogP contribution in [0, 0.1) is 57.2 Å². The molecule has 144 heavy (non-hydrogen) atoms. The average molecular weight is 1940 g/mol. The lowest BCUT2D eigenvalue weighted by Gasteiger charge is -2.31. The van der Waals surface area contributed by atoms with Crippen molar-refractivity contribution in [2.24, 2.45) is 74.0 Å². The van der Waals surface area contributed by atoms with Crippen LogP contribution in [0.2, 0.25) is 5.02 Å². The van der Waals surface area contributed by atoms with Gasteiger partial charge >= 0.3 is 0 Å². The quantitative estimate of drug-likeness (QED) is 0.0788. The van der Waals surface area contributed by atoms with Crippen molar-refractivity contribution in [2.75, 3.05) is 0 Å². The summed E-state index contributed by atoms with van der Waals surface area (Å²) in [5.74, 6) is -2.43. The van der Waals surface area contributed by atoms with Gasteiger partial charge in [-0.05, 0) is 281 Å². The Morgan fingerprint density at radius 2 is 0.514 bits per heavy atom. The Kier molecular flexibility index (Phi) is 31.4. The zero-order valence-electron chi connectivity index (χ0n) is 88.8. The van der Waals surface area contributed by atoms with Crippen LogP contribution in [0.1, 0.15) is 310 Å². The molecule has 7 aliphatic carbocycles. The molecule has 9 aromatic carbocycles. The van der Waals surface area contributed by atoms with E-state index in [1.54, 1.807) is 55.0 Å². The fraction of sp³-hybridized carbons (Fsp3) is 0.320. The highest BCUT2D eigenvalue weighted by Gasteiger charge is 2.46. The molecule has 0 atom stereocenters. The van der Waals surface area contributed by atoms with Crippen molar-refractivity contribution in [3.8, 4) is 0 Å². The predicted octanol–water partition coefficient (Wildman–Crippen LogP) is 33.5. The van der Waals surface area contributed by atoms with Crippen LogP contribution >= 0.6 is 11.6 Å². The predicted molar refractivity (Wildman–Crippen MR) is 586 cm³/mol. The molecule has 15 nitrogen and oxygen atoms in total. The monoisotopic (exact) mass is 1930 g/mol. The van der Waals surface area contributed by atoms with Crippen molar-refractivity contribution in [3.63, 3.8) is 0 Å². The number of azo groups is 3. The first-order valence-electron chi connectivity index (χ1n) is 49.7. The van der Waals surface area contributed by atoms with Crippen molar-refractivity contribution >= 4 is 103 Å². The molecule has 0 heterocycles. The molecule has 0 N–H and O–H groups in total. The van der Waals surface area contributed by atoms with Crippen LogP contribution < -0.4 is 0 Å². The topological polar surface area (TPSA) is 228 Å². The van der Waals surface area contributed by atoms with Gasteiger partial charge in [0, 0.05) is 93.8 Å². The molecule has 0 fully saturated rings. The number of aryl methyl sites for hydroxylation is 4. The number of hydrogen-bond donors (Lipinski definition) is 0. The van der Waals surface area contributed by atoms with Crippen molar-refractivity contribution in [1.29, 1.82) is 0 Å². The lowest BCUT2D eigenvalue weighted by molar-refractivity contribution is -0.114. The second-order valence-corrected chi connectivity index (χ2v) is 46.8. The molecular weight excluding hydrogens is 1800 g/mol. The number of Topliss-reactive ketones (excluding diaryl/α,β-unsaturated/α-hetero) is 9. The smallest absolute Gasteiger partial charge is 0.190 e. The van der Waals surface area contributed by atoms with Crippen LogP contribution in [-0.2, 0) is 33.6 Å². The Morgan fingerprint density at radius 1 is 0.271 bits per heavy atom. The SMILES string of the molecule is CC(C)(C)C1=C/C(=C\C=C2/C=C(C(C)(C)C)C(=O)c3ccccc32)c2ccccc2C1=O.CC(C)(C)C1=CC(=CN=Nc2ccc(Cc3ccc(N=NC=C4C=C(C(C)(C)C)C(=O)C(C(C)(C)C)=C4)cc3)cc2)C=C(C(C)(C)C)C1=O.CC(C)(C)C1=CC(=CN=Nc2ccc(Cl)cc2)C=C(C(C)(C)C)C1=O.CCc1cccc(C)c1C1C(=O)c2ccc3c4c(ccc(c24)C1=O)C(=O)C(c1c(C)cccc1CC)C3=O. The summed E-state index contributed by atoms with van der Waals surface area (Å²) in [5.41, 5.74) is 23.9. The number of fused-ring (bicyclic) bond motifs is 2. The van der Waals surface area contributed by atoms with Crippen molar-refractivity contribution in [3.05, 3.63) is 417 Å². The Labute approximate surface area is 855 Å². The van der Waals surface area contributed by atoms with E-state index >= 15 is 0 Å². The number of allylic oxidation sites excluding steroid dienone is 23. The molecule has 0 saturated carbocycles. The van der Waals surface area contributed by atoms with Gasteiger partial charge in [0.25, 0.3) is 0 Å². The van der Waals surface area contributed by atoms with Gasteiger partial charge in [0.15, 0.2) is 52.0 Å². The molecule has 7 aliphatic rings. The highest BCUT2D eigenvalue weighted by atomic mass is 35.5. The first kappa shape index (κ1) is 107. The molecule has 0 spiro atoms. The molecule has 0 radical (unpaired) electrons. The number of carbonyl (C=O) groups is 9. The first-order chi connectivity index (χ1) is 67.4. The summed E-state index contributed by atoms with van der Waals surface area (Å²) in [6, 6.07) is 57.2. The normalized spacial score (nSPS) is 16.8. The van der Waals surface area contributed by atoms with E-state index < -0.39 is 11.8 Å². The summed E-state index contributed by atoms with van der Waals surface area (Å²) >= 11 is 5.87. The van der Waals surface area contributed by atoms with Crippen LogP contribution in [0.5, 0.6) is 0 Å². The van der Waals surface area contributed by atoms with Crippen LogP contribution in [-0.4, -0.2) is 52.0 Å². The van der Waals surface area contributed by atoms with Gasteiger partial charge in [-0.15, -0.1) is 0 Å². The van der Waals surface area contributed by atoms with Crippen LogP contribution in [0.15, 0.2) is 353 Å². The Hall–Kier alpha value is -14.0. The molecule has 16 heteroatoms. The molecule has 0 bridgehead atoms. The highest BCUT2D eigenvalue weighted by molar-refractivity contribution is 6.39. The third kappa shape index (κ3) is 23.7. The number of rotatable bonds is 13. The number of halogens is 1. The van der Waals surface area contributed by atoms with E-state index in [2.05, 4.69) is 233 Å². The van der Waals surface area contributed by atoms with Gasteiger partial charge in [0.2, 0.25) is 0 Å². The molecule has 0 aliphatic heterocycles. The maximum Gasteiger partial charge on any atom is 0.190 e. The van der Waals surface area contributed by atoms with E-state index in [0.717, 1.165) is 163 Å². The van der Waals surface area contributed by atoms with Gasteiger partial charge in [-0.1, -0.05) is 313 Å². The molecule has 9 aromatic rings. The van der Waals surface area contributed by atoms with E-state index in [1.165, 1.54) is 0 Å². The van der Waals surface area contributed by atoms with Crippen molar-refractivity contribution in [1.82, 2.24) is 0 Å². The Bertz CT molecular complexity index is 6780. The number of hydrogen-bond acceptors (Lipinski definition) is 15. The maximum atomic E-state index is 13.9. The standard InChI is InChI=1S/C43H52N4O2.C34H28O4.C30H30O2.C21H25ClN2O/c1-40(2,3)34-22-30(23-35(38(34)48)41(4,5)6)26-44-46-32-17-13-28(14-18-32)21-29-15-19-33(20-16-29)47-45-27-31-24-36(42(7,8)9)39(49)37(25-31)43(10,11)12;1-5-19-11-7-9-17(3)25(19)29-31(35)21-13-15-23-28-24(16-14-22(27(21)28)32(29)36)34(38)30(33(23)37)26-18(4)10-8-12-20(26)6-2;1-29(2,3)25-17-19(21-11-7-9-13-23(21)27(25)31)15-16-20-18-26(30(4,5)6)28(32)24-14-10-8-12-22(20)24;1-20(2,3)17-11-14(12-18(19(17)25)21(4,5)6)13-23-24-16-9-7-15(22)8-10-16/h13-20,22-27H,21H2,1-12H3;7-16,29-30H,5-6H2,1-4H3;7-18H,1-6H3;7-13H,1-6H3/b;;19-15+,20-16+;. The summed E-state index contributed by atoms with van der Waals surface area (Å²) in [6.07, 6.45) is 27.1.